The number of amides is 1. The van der Waals surface area contributed by atoms with E-state index in [1.807, 2.05) is 31.4 Å². The number of hydrogen-bond donors (Lipinski definition) is 1. The molecule has 6 nitrogen and oxygen atoms in total. The van der Waals surface area contributed by atoms with Crippen molar-refractivity contribution in [2.45, 2.75) is 18.7 Å². The highest BCUT2D eigenvalue weighted by Crippen LogP contribution is 2.26. The smallest absolute Gasteiger partial charge is 0.257 e. The number of benzene rings is 2. The van der Waals surface area contributed by atoms with Gasteiger partial charge < -0.3 is 0 Å². The molecule has 0 atom stereocenters. The Balaban J connectivity index is 1.77. The van der Waals surface area contributed by atoms with Gasteiger partial charge in [-0.05, 0) is 49.2 Å². The Labute approximate surface area is 168 Å². The van der Waals surface area contributed by atoms with Crippen LogP contribution in [0.25, 0.3) is 11.3 Å². The SMILES string of the molecule is Cc1ccc(C(=O)Nc2nc(-c3ccc(S(=O)(=O)N(C)C)cc3)cs2)cc1C. The van der Waals surface area contributed by atoms with Gasteiger partial charge in [0.25, 0.3) is 5.91 Å². The Morgan fingerprint density at radius 3 is 2.32 bits per heavy atom. The summed E-state index contributed by atoms with van der Waals surface area (Å²) in [5.41, 5.74) is 4.22. The van der Waals surface area contributed by atoms with Gasteiger partial charge in [0.05, 0.1) is 10.6 Å². The van der Waals surface area contributed by atoms with E-state index >= 15 is 0 Å². The molecule has 8 heteroatoms. The number of hydrogen-bond acceptors (Lipinski definition) is 5. The minimum absolute atomic E-state index is 0.212. The summed E-state index contributed by atoms with van der Waals surface area (Å²) in [6.07, 6.45) is 0. The molecule has 0 aliphatic rings. The van der Waals surface area contributed by atoms with Crippen LogP contribution in [-0.4, -0.2) is 37.7 Å². The fourth-order valence-corrected chi connectivity index (χ4v) is 4.14. The van der Waals surface area contributed by atoms with Crippen LogP contribution in [0.15, 0.2) is 52.7 Å². The van der Waals surface area contributed by atoms with E-state index in [1.54, 1.807) is 30.3 Å². The molecule has 0 aliphatic carbocycles. The molecule has 0 fully saturated rings. The number of aryl methyl sites for hydroxylation is 2. The molecule has 1 heterocycles. The maximum atomic E-state index is 12.4. The second kappa shape index (κ2) is 7.83. The van der Waals surface area contributed by atoms with Crippen molar-refractivity contribution in [1.82, 2.24) is 9.29 Å². The first-order valence-electron chi connectivity index (χ1n) is 8.55. The molecule has 0 aliphatic heterocycles. The maximum absolute atomic E-state index is 12.4. The molecule has 1 amide bonds. The minimum atomic E-state index is -3.47. The molecule has 2 aromatic carbocycles. The predicted molar refractivity (Wildman–Crippen MR) is 112 cm³/mol. The monoisotopic (exact) mass is 415 g/mol. The summed E-state index contributed by atoms with van der Waals surface area (Å²) in [5, 5.41) is 5.13. The zero-order valence-corrected chi connectivity index (χ0v) is 17.7. The molecule has 1 aromatic heterocycles. The maximum Gasteiger partial charge on any atom is 0.257 e. The van der Waals surface area contributed by atoms with Crippen LogP contribution in [0.5, 0.6) is 0 Å². The summed E-state index contributed by atoms with van der Waals surface area (Å²) >= 11 is 1.32. The lowest BCUT2D eigenvalue weighted by atomic mass is 10.1. The molecule has 0 radical (unpaired) electrons. The highest BCUT2D eigenvalue weighted by Gasteiger charge is 2.17. The Morgan fingerprint density at radius 2 is 1.71 bits per heavy atom. The van der Waals surface area contributed by atoms with Gasteiger partial charge in [-0.25, -0.2) is 17.7 Å². The van der Waals surface area contributed by atoms with Crippen LogP contribution in [0.3, 0.4) is 0 Å². The Bertz CT molecular complexity index is 1120. The Kier molecular flexibility index (Phi) is 5.64. The summed E-state index contributed by atoms with van der Waals surface area (Å²) in [4.78, 5) is 17.1. The van der Waals surface area contributed by atoms with Crippen molar-refractivity contribution >= 4 is 32.4 Å². The molecule has 0 spiro atoms. The largest absolute Gasteiger partial charge is 0.298 e. The molecule has 0 unspecified atom stereocenters. The zero-order valence-electron chi connectivity index (χ0n) is 16.1. The highest BCUT2D eigenvalue weighted by molar-refractivity contribution is 7.89. The lowest BCUT2D eigenvalue weighted by Gasteiger charge is -2.11. The van der Waals surface area contributed by atoms with Gasteiger partial charge in [0.1, 0.15) is 0 Å². The average Bonchev–Trinajstić information content (AvgIpc) is 3.12. The highest BCUT2D eigenvalue weighted by atomic mass is 32.2. The second-order valence-corrected chi connectivity index (χ2v) is 9.61. The van der Waals surface area contributed by atoms with Crippen LogP contribution in [0, 0.1) is 13.8 Å². The normalized spacial score (nSPS) is 11.6. The number of nitrogens with zero attached hydrogens (tertiary/aromatic N) is 2. The van der Waals surface area contributed by atoms with Gasteiger partial charge in [-0.1, -0.05) is 18.2 Å². The average molecular weight is 416 g/mol. The number of aromatic nitrogens is 1. The predicted octanol–water partition coefficient (Wildman–Crippen LogP) is 3.93. The summed E-state index contributed by atoms with van der Waals surface area (Å²) in [5.74, 6) is -0.212. The Morgan fingerprint density at radius 1 is 1.04 bits per heavy atom. The van der Waals surface area contributed by atoms with Gasteiger partial charge in [-0.15, -0.1) is 11.3 Å². The van der Waals surface area contributed by atoms with E-state index in [-0.39, 0.29) is 10.8 Å². The summed E-state index contributed by atoms with van der Waals surface area (Å²) in [6.45, 7) is 3.97. The van der Waals surface area contributed by atoms with E-state index in [9.17, 15) is 13.2 Å². The van der Waals surface area contributed by atoms with E-state index in [2.05, 4.69) is 10.3 Å². The number of anilines is 1. The van der Waals surface area contributed by atoms with Crippen molar-refractivity contribution in [2.24, 2.45) is 0 Å². The first kappa shape index (κ1) is 20.2. The van der Waals surface area contributed by atoms with Crippen molar-refractivity contribution < 1.29 is 13.2 Å². The molecule has 0 saturated carbocycles. The van der Waals surface area contributed by atoms with Gasteiger partial charge in [0.15, 0.2) is 5.13 Å². The van der Waals surface area contributed by atoms with E-state index in [1.165, 1.54) is 29.7 Å². The van der Waals surface area contributed by atoms with Crippen LogP contribution in [0.1, 0.15) is 21.5 Å². The second-order valence-electron chi connectivity index (χ2n) is 6.60. The summed E-state index contributed by atoms with van der Waals surface area (Å²) in [7, 11) is -0.477. The third kappa shape index (κ3) is 4.14. The van der Waals surface area contributed by atoms with Crippen molar-refractivity contribution in [3.05, 3.63) is 64.5 Å². The van der Waals surface area contributed by atoms with Crippen LogP contribution < -0.4 is 5.32 Å². The van der Waals surface area contributed by atoms with Crippen molar-refractivity contribution in [2.75, 3.05) is 19.4 Å². The van der Waals surface area contributed by atoms with Crippen molar-refractivity contribution in [1.29, 1.82) is 0 Å². The third-order valence-corrected chi connectivity index (χ3v) is 7.01. The molecule has 3 rings (SSSR count). The molecule has 0 saturated heterocycles. The molecule has 3 aromatic rings. The summed E-state index contributed by atoms with van der Waals surface area (Å²) in [6, 6.07) is 12.1. The number of carbonyl (C=O) groups is 1. The molecule has 1 N–H and O–H groups in total. The number of sulfonamides is 1. The lowest BCUT2D eigenvalue weighted by Crippen LogP contribution is -2.22. The van der Waals surface area contributed by atoms with Gasteiger partial charge in [0.2, 0.25) is 10.0 Å². The van der Waals surface area contributed by atoms with E-state index in [0.29, 0.717) is 16.4 Å². The first-order valence-corrected chi connectivity index (χ1v) is 10.9. The molecule has 28 heavy (non-hydrogen) atoms. The zero-order chi connectivity index (χ0) is 20.5. The van der Waals surface area contributed by atoms with Crippen molar-refractivity contribution in [3.63, 3.8) is 0 Å². The topological polar surface area (TPSA) is 79.4 Å². The van der Waals surface area contributed by atoms with Crippen LogP contribution in [-0.2, 0) is 10.0 Å². The van der Waals surface area contributed by atoms with Crippen LogP contribution >= 0.6 is 11.3 Å². The number of thiazole rings is 1. The fraction of sp³-hybridized carbons (Fsp3) is 0.200. The van der Waals surface area contributed by atoms with Gasteiger partial charge in [0, 0.05) is 30.6 Å². The van der Waals surface area contributed by atoms with Crippen LogP contribution in [0.4, 0.5) is 5.13 Å². The van der Waals surface area contributed by atoms with Gasteiger partial charge in [-0.2, -0.15) is 0 Å². The van der Waals surface area contributed by atoms with E-state index in [0.717, 1.165) is 16.7 Å². The standard InChI is InChI=1S/C20H21N3O3S2/c1-13-5-6-16(11-14(13)2)19(24)22-20-21-18(12-27-20)15-7-9-17(10-8-15)28(25,26)23(3)4/h5-12H,1-4H3,(H,21,22,24). The quantitative estimate of drug-likeness (QED) is 0.685. The van der Waals surface area contributed by atoms with Gasteiger partial charge in [-0.3, -0.25) is 10.1 Å². The third-order valence-electron chi connectivity index (χ3n) is 4.42. The summed E-state index contributed by atoms with van der Waals surface area (Å²) < 4.78 is 25.5. The van der Waals surface area contributed by atoms with E-state index in [4.69, 9.17) is 0 Å². The number of carbonyl (C=O) groups excluding carboxylic acids is 1. The lowest BCUT2D eigenvalue weighted by molar-refractivity contribution is 0.102. The molecular formula is C20H21N3O3S2. The fourth-order valence-electron chi connectivity index (χ4n) is 2.52. The Hall–Kier alpha value is -2.55. The number of rotatable bonds is 5. The molecule has 0 bridgehead atoms. The molecular weight excluding hydrogens is 394 g/mol. The molecule has 146 valence electrons. The number of nitrogens with one attached hydrogen (secondary N) is 1. The van der Waals surface area contributed by atoms with E-state index < -0.39 is 10.0 Å². The van der Waals surface area contributed by atoms with Crippen molar-refractivity contribution in [3.8, 4) is 11.3 Å². The van der Waals surface area contributed by atoms with Gasteiger partial charge >= 0.3 is 0 Å². The minimum Gasteiger partial charge on any atom is -0.298 e. The van der Waals surface area contributed by atoms with Crippen LogP contribution in [0.2, 0.25) is 0 Å². The first-order chi connectivity index (χ1) is 13.2.